The maximum atomic E-state index is 6.56. The Kier molecular flexibility index (Phi) is 1.97. The third-order valence-corrected chi connectivity index (χ3v) is 6.00. The molecule has 0 amide bonds. The van der Waals surface area contributed by atoms with Crippen LogP contribution in [0.25, 0.3) is 5.57 Å². The summed E-state index contributed by atoms with van der Waals surface area (Å²) in [5, 5.41) is 0.0719. The minimum Gasteiger partial charge on any atom is -0.289 e. The fraction of sp³-hybridized carbons (Fsp3) is 0.333. The molecule has 2 bridgehead atoms. The zero-order valence-electron chi connectivity index (χ0n) is 11.5. The molecule has 2 unspecified atom stereocenters. The predicted molar refractivity (Wildman–Crippen MR) is 82.7 cm³/mol. The van der Waals surface area contributed by atoms with Crippen LogP contribution < -0.4 is 0 Å². The smallest absolute Gasteiger partial charge is 0.0748 e. The zero-order valence-corrected chi connectivity index (χ0v) is 12.2. The number of alkyl halides is 1. The first kappa shape index (κ1) is 11.4. The Balaban J connectivity index is 1.95. The largest absolute Gasteiger partial charge is 0.289 e. The number of hydrogen-bond acceptors (Lipinski definition) is 1. The normalized spacial score (nSPS) is 33.8. The number of nitrogens with zero attached hydrogens (tertiary/aromatic N) is 1. The summed E-state index contributed by atoms with van der Waals surface area (Å²) in [6, 6.07) is 8.96. The van der Waals surface area contributed by atoms with E-state index in [0.29, 0.717) is 0 Å². The van der Waals surface area contributed by atoms with Crippen LogP contribution in [-0.4, -0.2) is 23.9 Å². The zero-order chi connectivity index (χ0) is 13.5. The molecule has 1 spiro atoms. The number of rotatable bonds is 0. The van der Waals surface area contributed by atoms with Crippen LogP contribution in [-0.2, 0) is 5.54 Å². The van der Waals surface area contributed by atoms with Gasteiger partial charge in [0.1, 0.15) is 0 Å². The van der Waals surface area contributed by atoms with E-state index in [1.807, 2.05) is 0 Å². The molecule has 20 heavy (non-hydrogen) atoms. The van der Waals surface area contributed by atoms with Crippen molar-refractivity contribution < 1.29 is 0 Å². The highest BCUT2D eigenvalue weighted by Gasteiger charge is 2.55. The molecule has 0 saturated heterocycles. The maximum Gasteiger partial charge on any atom is 0.0748 e. The van der Waals surface area contributed by atoms with Crippen LogP contribution >= 0.6 is 11.6 Å². The van der Waals surface area contributed by atoms with E-state index in [4.69, 9.17) is 11.6 Å². The van der Waals surface area contributed by atoms with Gasteiger partial charge in [0, 0.05) is 6.54 Å². The van der Waals surface area contributed by atoms with Crippen LogP contribution in [0.1, 0.15) is 24.0 Å². The van der Waals surface area contributed by atoms with E-state index in [1.54, 1.807) is 0 Å². The Morgan fingerprint density at radius 1 is 1.30 bits per heavy atom. The van der Waals surface area contributed by atoms with Crippen LogP contribution in [0.5, 0.6) is 0 Å². The SMILES string of the molecule is CN1CC2=C3C(=C4CCC31c1ccccc14)C=CC2Cl. The van der Waals surface area contributed by atoms with Gasteiger partial charge < -0.3 is 0 Å². The van der Waals surface area contributed by atoms with Crippen molar-refractivity contribution in [1.29, 1.82) is 0 Å². The molecule has 100 valence electrons. The second kappa shape index (κ2) is 3.47. The lowest BCUT2D eigenvalue weighted by molar-refractivity contribution is 0.177. The topological polar surface area (TPSA) is 3.24 Å². The van der Waals surface area contributed by atoms with Gasteiger partial charge in [-0.05, 0) is 53.3 Å². The Labute approximate surface area is 124 Å². The quantitative estimate of drug-likeness (QED) is 0.653. The predicted octanol–water partition coefficient (Wildman–Crippen LogP) is 3.86. The summed E-state index contributed by atoms with van der Waals surface area (Å²) in [6.07, 6.45) is 6.83. The van der Waals surface area contributed by atoms with Gasteiger partial charge in [-0.15, -0.1) is 11.6 Å². The van der Waals surface area contributed by atoms with E-state index in [0.717, 1.165) is 6.54 Å². The number of allylic oxidation sites excluding steroid dienone is 3. The summed E-state index contributed by atoms with van der Waals surface area (Å²) in [5.74, 6) is 0. The summed E-state index contributed by atoms with van der Waals surface area (Å²) < 4.78 is 0. The lowest BCUT2D eigenvalue weighted by Crippen LogP contribution is -2.46. The Morgan fingerprint density at radius 3 is 3.05 bits per heavy atom. The molecule has 0 radical (unpaired) electrons. The molecule has 2 atom stereocenters. The van der Waals surface area contributed by atoms with Gasteiger partial charge >= 0.3 is 0 Å². The molecule has 2 heteroatoms. The molecule has 1 aromatic carbocycles. The van der Waals surface area contributed by atoms with Crippen molar-refractivity contribution >= 4 is 17.2 Å². The summed E-state index contributed by atoms with van der Waals surface area (Å²) >= 11 is 6.56. The summed E-state index contributed by atoms with van der Waals surface area (Å²) in [4.78, 5) is 2.52. The van der Waals surface area contributed by atoms with Crippen LogP contribution in [0.15, 0.2) is 53.1 Å². The lowest BCUT2D eigenvalue weighted by atomic mass is 9.61. The summed E-state index contributed by atoms with van der Waals surface area (Å²) in [6.45, 7) is 0.999. The van der Waals surface area contributed by atoms with Crippen molar-refractivity contribution in [3.8, 4) is 0 Å². The van der Waals surface area contributed by atoms with Crippen molar-refractivity contribution in [3.05, 3.63) is 64.3 Å². The average molecular weight is 282 g/mol. The van der Waals surface area contributed by atoms with Gasteiger partial charge in [-0.2, -0.15) is 0 Å². The second-order valence-corrected chi connectivity index (χ2v) is 6.79. The van der Waals surface area contributed by atoms with Gasteiger partial charge in [-0.3, -0.25) is 4.90 Å². The van der Waals surface area contributed by atoms with Gasteiger partial charge in [0.2, 0.25) is 0 Å². The Hall–Kier alpha value is -1.31. The fourth-order valence-corrected chi connectivity index (χ4v) is 5.05. The van der Waals surface area contributed by atoms with Gasteiger partial charge in [0.25, 0.3) is 0 Å². The summed E-state index contributed by atoms with van der Waals surface area (Å²) in [5.41, 5.74) is 9.00. The number of halogens is 1. The van der Waals surface area contributed by atoms with Crippen LogP contribution in [0.4, 0.5) is 0 Å². The molecule has 1 aliphatic heterocycles. The highest BCUT2D eigenvalue weighted by molar-refractivity contribution is 6.24. The van der Waals surface area contributed by atoms with Crippen molar-refractivity contribution in [1.82, 2.24) is 4.90 Å². The first-order valence-corrected chi connectivity index (χ1v) is 7.77. The van der Waals surface area contributed by atoms with E-state index in [9.17, 15) is 0 Å². The van der Waals surface area contributed by atoms with Gasteiger partial charge in [0.05, 0.1) is 10.9 Å². The van der Waals surface area contributed by atoms with Crippen LogP contribution in [0.3, 0.4) is 0 Å². The molecule has 1 nitrogen and oxygen atoms in total. The molecule has 5 aliphatic rings. The van der Waals surface area contributed by atoms with Crippen LogP contribution in [0.2, 0.25) is 0 Å². The molecule has 0 fully saturated rings. The van der Waals surface area contributed by atoms with E-state index < -0.39 is 0 Å². The van der Waals surface area contributed by atoms with E-state index in [-0.39, 0.29) is 10.9 Å². The minimum atomic E-state index is 0.0719. The third kappa shape index (κ3) is 1.05. The monoisotopic (exact) mass is 281 g/mol. The first-order valence-electron chi connectivity index (χ1n) is 7.34. The van der Waals surface area contributed by atoms with Crippen molar-refractivity contribution in [3.63, 3.8) is 0 Å². The van der Waals surface area contributed by atoms with E-state index in [1.165, 1.54) is 46.3 Å². The maximum absolute atomic E-state index is 6.56. The van der Waals surface area contributed by atoms with E-state index >= 15 is 0 Å². The molecule has 0 saturated carbocycles. The molecule has 0 aromatic heterocycles. The first-order chi connectivity index (χ1) is 9.73. The molecule has 4 aliphatic carbocycles. The standard InChI is InChI=1S/C18H16ClN/c1-20-10-14-16(19)7-6-13-11-8-9-18(20,17(13)14)15-5-3-2-4-12(11)15/h2-7,16H,8-10H2,1H3. The van der Waals surface area contributed by atoms with Gasteiger partial charge in [-0.1, -0.05) is 36.4 Å². The Bertz CT molecular complexity index is 740. The highest BCUT2D eigenvalue weighted by Crippen LogP contribution is 2.61. The molecule has 1 heterocycles. The van der Waals surface area contributed by atoms with Gasteiger partial charge in [-0.25, -0.2) is 0 Å². The number of benzene rings is 1. The van der Waals surface area contributed by atoms with Crippen molar-refractivity contribution in [2.24, 2.45) is 0 Å². The van der Waals surface area contributed by atoms with Gasteiger partial charge in [0.15, 0.2) is 0 Å². The molecule has 0 N–H and O–H groups in total. The highest BCUT2D eigenvalue weighted by atomic mass is 35.5. The minimum absolute atomic E-state index is 0.0719. The second-order valence-electron chi connectivity index (χ2n) is 6.32. The van der Waals surface area contributed by atoms with Crippen molar-refractivity contribution in [2.75, 3.05) is 13.6 Å². The Morgan fingerprint density at radius 2 is 2.15 bits per heavy atom. The average Bonchev–Trinajstić information content (AvgIpc) is 2.79. The number of likely N-dealkylation sites (N-methyl/N-ethyl adjacent to an activating group) is 1. The van der Waals surface area contributed by atoms with Crippen molar-refractivity contribution in [2.45, 2.75) is 23.8 Å². The summed E-state index contributed by atoms with van der Waals surface area (Å²) in [7, 11) is 2.26. The number of fused-ring (bicyclic) bond motifs is 1. The lowest BCUT2D eigenvalue weighted by Gasteiger charge is -2.49. The molecule has 1 aromatic rings. The third-order valence-electron chi connectivity index (χ3n) is 5.59. The van der Waals surface area contributed by atoms with E-state index in [2.05, 4.69) is 48.4 Å². The van der Waals surface area contributed by atoms with Crippen LogP contribution in [0, 0.1) is 0 Å². The molecular weight excluding hydrogens is 266 g/mol. The molecular formula is C18H16ClN. The molecule has 6 rings (SSSR count). The number of hydrogen-bond donors (Lipinski definition) is 0. The fourth-order valence-electron chi connectivity index (χ4n) is 4.80.